The van der Waals surface area contributed by atoms with E-state index < -0.39 is 0 Å². The van der Waals surface area contributed by atoms with Crippen molar-refractivity contribution in [1.29, 1.82) is 0 Å². The second kappa shape index (κ2) is 10.4. The summed E-state index contributed by atoms with van der Waals surface area (Å²) in [5.41, 5.74) is 0. The van der Waals surface area contributed by atoms with Gasteiger partial charge < -0.3 is 10.4 Å². The molecule has 2 N–H and O–H groups in total. The van der Waals surface area contributed by atoms with Crippen LogP contribution in [0.3, 0.4) is 0 Å². The minimum Gasteiger partial charge on any atom is -0.393 e. The maximum Gasteiger partial charge on any atom is 0.0524 e. The average molecular weight is 215 g/mol. The highest BCUT2D eigenvalue weighted by Crippen LogP contribution is 2.07. The van der Waals surface area contributed by atoms with E-state index in [4.69, 9.17) is 5.11 Å². The zero-order valence-electron chi connectivity index (χ0n) is 10.8. The lowest BCUT2D eigenvalue weighted by atomic mass is 10.1. The molecule has 0 aliphatic heterocycles. The first kappa shape index (κ1) is 14.9. The Morgan fingerprint density at radius 1 is 1.00 bits per heavy atom. The molecule has 2 atom stereocenters. The van der Waals surface area contributed by atoms with Gasteiger partial charge in [-0.05, 0) is 33.2 Å². The van der Waals surface area contributed by atoms with E-state index >= 15 is 0 Å². The van der Waals surface area contributed by atoms with E-state index in [0.29, 0.717) is 6.04 Å². The molecule has 0 saturated heterocycles. The van der Waals surface area contributed by atoms with Gasteiger partial charge in [0.05, 0.1) is 6.10 Å². The van der Waals surface area contributed by atoms with Gasteiger partial charge in [-0.3, -0.25) is 0 Å². The highest BCUT2D eigenvalue weighted by Gasteiger charge is 2.01. The molecule has 92 valence electrons. The van der Waals surface area contributed by atoms with Gasteiger partial charge in [0.25, 0.3) is 0 Å². The molecule has 2 nitrogen and oxygen atoms in total. The van der Waals surface area contributed by atoms with E-state index in [2.05, 4.69) is 19.2 Å². The number of hydrogen-bond acceptors (Lipinski definition) is 2. The van der Waals surface area contributed by atoms with E-state index in [-0.39, 0.29) is 6.10 Å². The lowest BCUT2D eigenvalue weighted by molar-refractivity contribution is 0.182. The molecule has 2 heteroatoms. The first-order chi connectivity index (χ1) is 7.16. The van der Waals surface area contributed by atoms with Crippen molar-refractivity contribution in [2.24, 2.45) is 0 Å². The van der Waals surface area contributed by atoms with Crippen LogP contribution in [0.2, 0.25) is 0 Å². The number of nitrogens with one attached hydrogen (secondary N) is 1. The largest absolute Gasteiger partial charge is 0.393 e. The lowest BCUT2D eigenvalue weighted by Crippen LogP contribution is -2.28. The van der Waals surface area contributed by atoms with E-state index in [0.717, 1.165) is 13.0 Å². The molecule has 0 rings (SSSR count). The maximum atomic E-state index is 9.10. The summed E-state index contributed by atoms with van der Waals surface area (Å²) >= 11 is 0. The quantitative estimate of drug-likeness (QED) is 0.549. The molecule has 0 saturated carbocycles. The first-order valence-electron chi connectivity index (χ1n) is 6.58. The first-order valence-corrected chi connectivity index (χ1v) is 6.58. The Balaban J connectivity index is 3.15. The highest BCUT2D eigenvalue weighted by molar-refractivity contribution is 4.62. The zero-order chi connectivity index (χ0) is 11.5. The monoisotopic (exact) mass is 215 g/mol. The van der Waals surface area contributed by atoms with E-state index in [9.17, 15) is 0 Å². The van der Waals surface area contributed by atoms with Gasteiger partial charge in [0, 0.05) is 6.04 Å². The molecule has 0 aromatic rings. The number of hydrogen-bond donors (Lipinski definition) is 2. The van der Waals surface area contributed by atoms with Gasteiger partial charge in [-0.2, -0.15) is 0 Å². The Labute approximate surface area is 95.5 Å². The number of unbranched alkanes of at least 4 members (excludes halogenated alkanes) is 4. The molecule has 0 amide bonds. The van der Waals surface area contributed by atoms with Crippen molar-refractivity contribution < 1.29 is 5.11 Å². The van der Waals surface area contributed by atoms with Crippen LogP contribution < -0.4 is 5.32 Å². The highest BCUT2D eigenvalue weighted by atomic mass is 16.3. The Kier molecular flexibility index (Phi) is 10.4. The van der Waals surface area contributed by atoms with Crippen LogP contribution in [0.1, 0.15) is 65.7 Å². The normalized spacial score (nSPS) is 15.2. The topological polar surface area (TPSA) is 32.3 Å². The van der Waals surface area contributed by atoms with Crippen LogP contribution in [0.25, 0.3) is 0 Å². The number of rotatable bonds is 10. The lowest BCUT2D eigenvalue weighted by Gasteiger charge is -2.14. The molecule has 0 aromatic heterocycles. The van der Waals surface area contributed by atoms with E-state index in [1.807, 2.05) is 6.92 Å². The van der Waals surface area contributed by atoms with Crippen LogP contribution in [0.5, 0.6) is 0 Å². The molecule has 0 radical (unpaired) electrons. The molecule has 0 bridgehead atoms. The minimum absolute atomic E-state index is 0.172. The minimum atomic E-state index is -0.172. The van der Waals surface area contributed by atoms with Gasteiger partial charge in [0.1, 0.15) is 0 Å². The molecular formula is C13H29NO. The third-order valence-electron chi connectivity index (χ3n) is 2.80. The van der Waals surface area contributed by atoms with Crippen molar-refractivity contribution in [1.82, 2.24) is 5.32 Å². The van der Waals surface area contributed by atoms with Crippen molar-refractivity contribution in [3.05, 3.63) is 0 Å². The summed E-state index contributed by atoms with van der Waals surface area (Å²) in [5.74, 6) is 0. The van der Waals surface area contributed by atoms with Crippen LogP contribution in [0.15, 0.2) is 0 Å². The molecule has 0 aromatic carbocycles. The standard InChI is InChI=1S/C13H29NO/c1-4-5-6-7-8-9-12(2)14-11-10-13(3)15/h12-15H,4-11H2,1-3H3/t12-,13-/m0/s1. The number of aliphatic hydroxyl groups is 1. The fourth-order valence-electron chi connectivity index (χ4n) is 1.69. The number of aliphatic hydroxyl groups excluding tert-OH is 1. The van der Waals surface area contributed by atoms with Crippen LogP contribution in [-0.2, 0) is 0 Å². The fourth-order valence-corrected chi connectivity index (χ4v) is 1.69. The third-order valence-corrected chi connectivity index (χ3v) is 2.80. The zero-order valence-corrected chi connectivity index (χ0v) is 10.8. The predicted octanol–water partition coefficient (Wildman–Crippen LogP) is 3.10. The van der Waals surface area contributed by atoms with E-state index in [1.165, 1.54) is 38.5 Å². The molecule has 0 heterocycles. The van der Waals surface area contributed by atoms with Crippen LogP contribution >= 0.6 is 0 Å². The Hall–Kier alpha value is -0.0800. The maximum absolute atomic E-state index is 9.10. The molecular weight excluding hydrogens is 186 g/mol. The summed E-state index contributed by atoms with van der Waals surface area (Å²) in [6.07, 6.45) is 8.75. The second-order valence-corrected chi connectivity index (χ2v) is 4.70. The van der Waals surface area contributed by atoms with Crippen molar-refractivity contribution in [2.75, 3.05) is 6.54 Å². The molecule has 0 unspecified atom stereocenters. The summed E-state index contributed by atoms with van der Waals surface area (Å²) in [4.78, 5) is 0. The summed E-state index contributed by atoms with van der Waals surface area (Å²) in [7, 11) is 0. The summed E-state index contributed by atoms with van der Waals surface area (Å²) in [6.45, 7) is 7.27. The summed E-state index contributed by atoms with van der Waals surface area (Å²) in [5, 5.41) is 12.5. The molecule has 0 aliphatic rings. The molecule has 15 heavy (non-hydrogen) atoms. The van der Waals surface area contributed by atoms with Gasteiger partial charge in [-0.1, -0.05) is 39.0 Å². The SMILES string of the molecule is CCCCCCC[C@H](C)NCC[C@H](C)O. The van der Waals surface area contributed by atoms with Gasteiger partial charge in [0.15, 0.2) is 0 Å². The van der Waals surface area contributed by atoms with Crippen molar-refractivity contribution in [2.45, 2.75) is 77.9 Å². The molecule has 0 spiro atoms. The van der Waals surface area contributed by atoms with Gasteiger partial charge in [-0.25, -0.2) is 0 Å². The Morgan fingerprint density at radius 2 is 1.67 bits per heavy atom. The van der Waals surface area contributed by atoms with Gasteiger partial charge in [0.2, 0.25) is 0 Å². The van der Waals surface area contributed by atoms with E-state index in [1.54, 1.807) is 0 Å². The smallest absolute Gasteiger partial charge is 0.0524 e. The van der Waals surface area contributed by atoms with Crippen LogP contribution in [-0.4, -0.2) is 23.8 Å². The average Bonchev–Trinajstić information content (AvgIpc) is 2.17. The van der Waals surface area contributed by atoms with Crippen molar-refractivity contribution >= 4 is 0 Å². The van der Waals surface area contributed by atoms with Crippen molar-refractivity contribution in [3.63, 3.8) is 0 Å². The van der Waals surface area contributed by atoms with Crippen molar-refractivity contribution in [3.8, 4) is 0 Å². The van der Waals surface area contributed by atoms with Gasteiger partial charge in [-0.15, -0.1) is 0 Å². The third kappa shape index (κ3) is 11.8. The Bertz CT molecular complexity index is 126. The fraction of sp³-hybridized carbons (Fsp3) is 1.00. The van der Waals surface area contributed by atoms with Gasteiger partial charge >= 0.3 is 0 Å². The summed E-state index contributed by atoms with van der Waals surface area (Å²) < 4.78 is 0. The second-order valence-electron chi connectivity index (χ2n) is 4.70. The molecule has 0 fully saturated rings. The predicted molar refractivity (Wildman–Crippen MR) is 67.1 cm³/mol. The Morgan fingerprint density at radius 3 is 2.27 bits per heavy atom. The van der Waals surface area contributed by atoms with Crippen LogP contribution in [0.4, 0.5) is 0 Å². The molecule has 0 aliphatic carbocycles. The van der Waals surface area contributed by atoms with Crippen LogP contribution in [0, 0.1) is 0 Å². The summed E-state index contributed by atoms with van der Waals surface area (Å²) in [6, 6.07) is 0.602.